The number of rotatable bonds is 3. The van der Waals surface area contributed by atoms with Crippen molar-refractivity contribution >= 4 is 24.2 Å². The predicted octanol–water partition coefficient (Wildman–Crippen LogP) is 4.02. The van der Waals surface area contributed by atoms with Crippen LogP contribution in [0.4, 0.5) is 0 Å². The molecule has 2 N–H and O–H groups in total. The predicted molar refractivity (Wildman–Crippen MR) is 74.4 cm³/mol. The summed E-state index contributed by atoms with van der Waals surface area (Å²) in [6.07, 6.45) is 7.45. The minimum absolute atomic E-state index is 0. The quantitative estimate of drug-likeness (QED) is 0.828. The van der Waals surface area contributed by atoms with E-state index in [9.17, 15) is 0 Å². The van der Waals surface area contributed by atoms with Crippen LogP contribution < -0.4 is 5.73 Å². The summed E-state index contributed by atoms with van der Waals surface area (Å²) >= 11 is 1.78. The molecule has 0 heterocycles. The highest BCUT2D eigenvalue weighted by Crippen LogP contribution is 2.34. The summed E-state index contributed by atoms with van der Waals surface area (Å²) in [6.45, 7) is 0. The van der Waals surface area contributed by atoms with Gasteiger partial charge in [0.2, 0.25) is 0 Å². The first kappa shape index (κ1) is 13.9. The van der Waals surface area contributed by atoms with Crippen LogP contribution >= 0.6 is 24.2 Å². The second kappa shape index (κ2) is 6.53. The van der Waals surface area contributed by atoms with Crippen LogP contribution in [0.5, 0.6) is 0 Å². The Morgan fingerprint density at radius 3 is 2.25 bits per heavy atom. The fourth-order valence-electron chi connectivity index (χ4n) is 2.41. The number of halogens is 1. The summed E-state index contributed by atoms with van der Waals surface area (Å²) in [4.78, 5) is 1.32. The number of thioether (sulfide) groups is 1. The first-order chi connectivity index (χ1) is 7.31. The van der Waals surface area contributed by atoms with Gasteiger partial charge >= 0.3 is 0 Å². The molecule has 1 aromatic carbocycles. The molecule has 0 bridgehead atoms. The molecule has 0 radical (unpaired) electrons. The summed E-state index contributed by atoms with van der Waals surface area (Å²) in [5.74, 6) is 0.713. The Hall–Kier alpha value is -0.180. The van der Waals surface area contributed by atoms with Gasteiger partial charge in [-0.2, -0.15) is 0 Å². The lowest BCUT2D eigenvalue weighted by Crippen LogP contribution is -2.18. The molecule has 0 spiro atoms. The third-order valence-electron chi connectivity index (χ3n) is 3.41. The molecule has 90 valence electrons. The van der Waals surface area contributed by atoms with Crippen molar-refractivity contribution in [2.24, 2.45) is 11.7 Å². The smallest absolute Gasteiger partial charge is 0.0323 e. The number of hydrogen-bond acceptors (Lipinski definition) is 2. The highest BCUT2D eigenvalue weighted by Gasteiger charge is 2.22. The standard InChI is InChI=1S/C13H19NS.ClH/c1-15-12-8-6-11(7-9-12)13(14)10-4-2-3-5-10;/h6-10,13H,2-5,14H2,1H3;1H/t13-;/m0./s1. The van der Waals surface area contributed by atoms with Gasteiger partial charge in [0.1, 0.15) is 0 Å². The van der Waals surface area contributed by atoms with E-state index in [0.717, 1.165) is 0 Å². The van der Waals surface area contributed by atoms with E-state index < -0.39 is 0 Å². The van der Waals surface area contributed by atoms with Gasteiger partial charge in [0.15, 0.2) is 0 Å². The highest BCUT2D eigenvalue weighted by molar-refractivity contribution is 7.98. The zero-order valence-electron chi connectivity index (χ0n) is 9.69. The van der Waals surface area contributed by atoms with Gasteiger partial charge in [0, 0.05) is 10.9 Å². The van der Waals surface area contributed by atoms with Crippen LogP contribution in [-0.2, 0) is 0 Å². The molecule has 0 saturated heterocycles. The van der Waals surface area contributed by atoms with E-state index in [1.54, 1.807) is 11.8 Å². The maximum Gasteiger partial charge on any atom is 0.0323 e. The van der Waals surface area contributed by atoms with Crippen molar-refractivity contribution in [2.75, 3.05) is 6.26 Å². The number of benzene rings is 1. The van der Waals surface area contributed by atoms with Crippen LogP contribution in [0.3, 0.4) is 0 Å². The van der Waals surface area contributed by atoms with Gasteiger partial charge in [-0.25, -0.2) is 0 Å². The molecule has 1 aromatic rings. The van der Waals surface area contributed by atoms with Gasteiger partial charge in [-0.05, 0) is 42.7 Å². The monoisotopic (exact) mass is 257 g/mol. The Morgan fingerprint density at radius 1 is 1.19 bits per heavy atom. The van der Waals surface area contributed by atoms with Crippen LogP contribution in [0.15, 0.2) is 29.2 Å². The second-order valence-electron chi connectivity index (χ2n) is 4.34. The topological polar surface area (TPSA) is 26.0 Å². The van der Waals surface area contributed by atoms with E-state index in [0.29, 0.717) is 5.92 Å². The van der Waals surface area contributed by atoms with Crippen molar-refractivity contribution in [3.63, 3.8) is 0 Å². The fraction of sp³-hybridized carbons (Fsp3) is 0.538. The summed E-state index contributed by atoms with van der Waals surface area (Å²) < 4.78 is 0. The van der Waals surface area contributed by atoms with Crippen LogP contribution in [0.25, 0.3) is 0 Å². The summed E-state index contributed by atoms with van der Waals surface area (Å²) in [5, 5.41) is 0. The lowest BCUT2D eigenvalue weighted by atomic mass is 9.93. The third-order valence-corrected chi connectivity index (χ3v) is 4.15. The average molecular weight is 258 g/mol. The molecule has 0 amide bonds. The van der Waals surface area contributed by atoms with E-state index >= 15 is 0 Å². The summed E-state index contributed by atoms with van der Waals surface area (Å²) in [6, 6.07) is 8.98. The third kappa shape index (κ3) is 3.16. The number of hydrogen-bond donors (Lipinski definition) is 1. The fourth-order valence-corrected chi connectivity index (χ4v) is 2.82. The minimum Gasteiger partial charge on any atom is -0.324 e. The molecule has 1 saturated carbocycles. The molecular formula is C13H20ClNS. The van der Waals surface area contributed by atoms with Crippen molar-refractivity contribution in [1.29, 1.82) is 0 Å². The lowest BCUT2D eigenvalue weighted by Gasteiger charge is -2.19. The SMILES string of the molecule is CSc1ccc([C@@H](N)C2CCCC2)cc1.Cl. The molecule has 1 nitrogen and oxygen atoms in total. The zero-order chi connectivity index (χ0) is 10.7. The molecule has 2 rings (SSSR count). The average Bonchev–Trinajstić information content (AvgIpc) is 2.82. The summed E-state index contributed by atoms with van der Waals surface area (Å²) in [5.41, 5.74) is 7.59. The minimum atomic E-state index is 0. The van der Waals surface area contributed by atoms with Crippen molar-refractivity contribution in [3.05, 3.63) is 29.8 Å². The molecule has 0 aromatic heterocycles. The Balaban J connectivity index is 0.00000128. The van der Waals surface area contributed by atoms with Crippen LogP contribution in [-0.4, -0.2) is 6.26 Å². The van der Waals surface area contributed by atoms with E-state index in [1.807, 2.05) is 0 Å². The Labute approximate surface area is 109 Å². The van der Waals surface area contributed by atoms with Gasteiger partial charge in [0.05, 0.1) is 0 Å². The highest BCUT2D eigenvalue weighted by atomic mass is 35.5. The van der Waals surface area contributed by atoms with Gasteiger partial charge in [-0.15, -0.1) is 24.2 Å². The molecule has 16 heavy (non-hydrogen) atoms. The van der Waals surface area contributed by atoms with Gasteiger partial charge in [0.25, 0.3) is 0 Å². The van der Waals surface area contributed by atoms with E-state index in [-0.39, 0.29) is 18.4 Å². The van der Waals surface area contributed by atoms with Gasteiger partial charge < -0.3 is 5.73 Å². The van der Waals surface area contributed by atoms with Crippen LogP contribution in [0.1, 0.15) is 37.3 Å². The van der Waals surface area contributed by atoms with E-state index in [4.69, 9.17) is 5.73 Å². The van der Waals surface area contributed by atoms with Crippen molar-refractivity contribution in [3.8, 4) is 0 Å². The second-order valence-corrected chi connectivity index (χ2v) is 5.22. The molecule has 1 fully saturated rings. The van der Waals surface area contributed by atoms with E-state index in [2.05, 4.69) is 30.5 Å². The number of nitrogens with two attached hydrogens (primary N) is 1. The Morgan fingerprint density at radius 2 is 1.75 bits per heavy atom. The van der Waals surface area contributed by atoms with Crippen LogP contribution in [0, 0.1) is 5.92 Å². The normalized spacial score (nSPS) is 18.1. The molecule has 3 heteroatoms. The van der Waals surface area contributed by atoms with Gasteiger partial charge in [-0.1, -0.05) is 25.0 Å². The Kier molecular flexibility index (Phi) is 5.67. The van der Waals surface area contributed by atoms with Gasteiger partial charge in [-0.3, -0.25) is 0 Å². The van der Waals surface area contributed by atoms with E-state index in [1.165, 1.54) is 36.1 Å². The molecular weight excluding hydrogens is 238 g/mol. The molecule has 1 aliphatic rings. The summed E-state index contributed by atoms with van der Waals surface area (Å²) in [7, 11) is 0. The zero-order valence-corrected chi connectivity index (χ0v) is 11.3. The molecule has 1 atom stereocenters. The molecule has 0 unspecified atom stereocenters. The van der Waals surface area contributed by atoms with Crippen LogP contribution in [0.2, 0.25) is 0 Å². The molecule has 1 aliphatic carbocycles. The maximum atomic E-state index is 6.29. The largest absolute Gasteiger partial charge is 0.324 e. The van der Waals surface area contributed by atoms with Crippen molar-refractivity contribution in [2.45, 2.75) is 36.6 Å². The maximum absolute atomic E-state index is 6.29. The first-order valence-electron chi connectivity index (χ1n) is 5.71. The van der Waals surface area contributed by atoms with Crippen molar-refractivity contribution in [1.82, 2.24) is 0 Å². The molecule has 0 aliphatic heterocycles. The van der Waals surface area contributed by atoms with Crippen molar-refractivity contribution < 1.29 is 0 Å². The first-order valence-corrected chi connectivity index (χ1v) is 6.93. The Bertz CT molecular complexity index is 306. The lowest BCUT2D eigenvalue weighted by molar-refractivity contribution is 0.445.